The predicted molar refractivity (Wildman–Crippen MR) is 121 cm³/mol. The van der Waals surface area contributed by atoms with E-state index in [1.54, 1.807) is 18.6 Å². The maximum Gasteiger partial charge on any atom is 0.343 e. The molecule has 2 aromatic heterocycles. The highest BCUT2D eigenvalue weighted by atomic mass is 16.5. The number of fused-ring (bicyclic) bond motifs is 1. The molecule has 7 nitrogen and oxygen atoms in total. The average molecular weight is 429 g/mol. The lowest BCUT2D eigenvalue weighted by Crippen LogP contribution is -2.23. The number of ether oxygens (including phenoxy) is 2. The lowest BCUT2D eigenvalue weighted by molar-refractivity contribution is 0.0524. The second-order valence-electron chi connectivity index (χ2n) is 7.21. The van der Waals surface area contributed by atoms with Crippen LogP contribution in [0, 0.1) is 0 Å². The molecule has 7 heteroatoms. The van der Waals surface area contributed by atoms with Gasteiger partial charge in [-0.2, -0.15) is 0 Å². The van der Waals surface area contributed by atoms with E-state index in [1.807, 2.05) is 54.6 Å². The van der Waals surface area contributed by atoms with Crippen molar-refractivity contribution in [3.63, 3.8) is 0 Å². The quantitative estimate of drug-likeness (QED) is 0.415. The van der Waals surface area contributed by atoms with Gasteiger partial charge in [0.2, 0.25) is 5.43 Å². The summed E-state index contributed by atoms with van der Waals surface area (Å²) < 4.78 is 12.0. The summed E-state index contributed by atoms with van der Waals surface area (Å²) in [6.07, 6.45) is 3.00. The van der Waals surface area contributed by atoms with Crippen LogP contribution in [0.1, 0.15) is 28.5 Å². The zero-order valence-corrected chi connectivity index (χ0v) is 17.9. The van der Waals surface area contributed by atoms with E-state index in [0.29, 0.717) is 17.9 Å². The third-order valence-electron chi connectivity index (χ3n) is 5.05. The zero-order chi connectivity index (χ0) is 22.5. The monoisotopic (exact) mass is 429 g/mol. The fraction of sp³-hybridized carbons (Fsp3) is 0.200. The van der Waals surface area contributed by atoms with Crippen molar-refractivity contribution in [2.75, 3.05) is 13.7 Å². The Labute approximate surface area is 185 Å². The van der Waals surface area contributed by atoms with Gasteiger partial charge in [0.15, 0.2) is 11.2 Å². The van der Waals surface area contributed by atoms with Gasteiger partial charge in [-0.15, -0.1) is 0 Å². The fourth-order valence-corrected chi connectivity index (χ4v) is 3.61. The van der Waals surface area contributed by atoms with Crippen LogP contribution in [0.25, 0.3) is 22.3 Å². The van der Waals surface area contributed by atoms with Crippen LogP contribution in [-0.4, -0.2) is 34.2 Å². The minimum Gasteiger partial charge on any atom is -0.462 e. The Morgan fingerprint density at radius 2 is 1.81 bits per heavy atom. The second-order valence-corrected chi connectivity index (χ2v) is 7.21. The molecule has 2 heterocycles. The fourth-order valence-electron chi connectivity index (χ4n) is 3.61. The Balaban J connectivity index is 1.90. The summed E-state index contributed by atoms with van der Waals surface area (Å²) in [6, 6.07) is 18.0. The number of rotatable bonds is 7. The van der Waals surface area contributed by atoms with E-state index in [9.17, 15) is 9.59 Å². The molecule has 4 rings (SSSR count). The van der Waals surface area contributed by atoms with Crippen LogP contribution in [0.15, 0.2) is 71.8 Å². The standard InChI is InChI=1S/C25H23N3O4/c1-3-32-25(30)21-15-28(24-22(23(21)29)26-13-19(27-24)16-31-2)14-18-11-7-8-12-20(18)17-9-5-4-6-10-17/h4-13,15H,3,14,16H2,1-2H3. The second kappa shape index (κ2) is 9.53. The van der Waals surface area contributed by atoms with E-state index in [4.69, 9.17) is 9.47 Å². The number of benzene rings is 2. The summed E-state index contributed by atoms with van der Waals surface area (Å²) in [5.41, 5.74) is 3.68. The van der Waals surface area contributed by atoms with Crippen LogP contribution in [0.2, 0.25) is 0 Å². The molecule has 0 aliphatic carbocycles. The van der Waals surface area contributed by atoms with Gasteiger partial charge in [-0.1, -0.05) is 54.6 Å². The van der Waals surface area contributed by atoms with Gasteiger partial charge in [-0.05, 0) is 23.6 Å². The van der Waals surface area contributed by atoms with Crippen molar-refractivity contribution in [2.24, 2.45) is 0 Å². The highest BCUT2D eigenvalue weighted by Gasteiger charge is 2.19. The number of hydrogen-bond acceptors (Lipinski definition) is 6. The van der Waals surface area contributed by atoms with Crippen LogP contribution in [-0.2, 0) is 22.6 Å². The lowest BCUT2D eigenvalue weighted by atomic mass is 9.99. The number of nitrogens with zero attached hydrogens (tertiary/aromatic N) is 3. The van der Waals surface area contributed by atoms with Gasteiger partial charge in [0, 0.05) is 19.9 Å². The number of methoxy groups -OCH3 is 1. The summed E-state index contributed by atoms with van der Waals surface area (Å²) in [5, 5.41) is 0. The number of aromatic nitrogens is 3. The lowest BCUT2D eigenvalue weighted by Gasteiger charge is -2.15. The molecule has 0 radical (unpaired) electrons. The van der Waals surface area contributed by atoms with Crippen molar-refractivity contribution in [2.45, 2.75) is 20.1 Å². The molecule has 0 aliphatic heterocycles. The van der Waals surface area contributed by atoms with E-state index in [2.05, 4.69) is 9.97 Å². The van der Waals surface area contributed by atoms with E-state index >= 15 is 0 Å². The van der Waals surface area contributed by atoms with E-state index in [0.717, 1.165) is 16.7 Å². The number of pyridine rings is 1. The molecule has 0 aliphatic rings. The smallest absolute Gasteiger partial charge is 0.343 e. The highest BCUT2D eigenvalue weighted by Crippen LogP contribution is 2.25. The third kappa shape index (κ3) is 4.29. The molecule has 0 amide bonds. The number of carbonyl (C=O) groups is 1. The number of carbonyl (C=O) groups excluding carboxylic acids is 1. The largest absolute Gasteiger partial charge is 0.462 e. The van der Waals surface area contributed by atoms with Gasteiger partial charge in [0.25, 0.3) is 0 Å². The number of hydrogen-bond donors (Lipinski definition) is 0. The van der Waals surface area contributed by atoms with Crippen molar-refractivity contribution < 1.29 is 14.3 Å². The molecule has 0 unspecified atom stereocenters. The molecule has 2 aromatic carbocycles. The number of esters is 1. The molecular formula is C25H23N3O4. The summed E-state index contributed by atoms with van der Waals surface area (Å²) >= 11 is 0. The van der Waals surface area contributed by atoms with E-state index in [1.165, 1.54) is 12.4 Å². The highest BCUT2D eigenvalue weighted by molar-refractivity contribution is 5.92. The van der Waals surface area contributed by atoms with Crippen molar-refractivity contribution >= 4 is 17.1 Å². The molecule has 0 spiro atoms. The summed E-state index contributed by atoms with van der Waals surface area (Å²) in [4.78, 5) is 34.3. The molecule has 0 bridgehead atoms. The Kier molecular flexibility index (Phi) is 6.37. The molecule has 0 saturated carbocycles. The topological polar surface area (TPSA) is 83.3 Å². The first-order valence-corrected chi connectivity index (χ1v) is 10.3. The average Bonchev–Trinajstić information content (AvgIpc) is 2.82. The first-order chi connectivity index (χ1) is 15.6. The van der Waals surface area contributed by atoms with Crippen molar-refractivity contribution in [1.82, 2.24) is 14.5 Å². The zero-order valence-electron chi connectivity index (χ0n) is 17.9. The van der Waals surface area contributed by atoms with E-state index < -0.39 is 11.4 Å². The van der Waals surface area contributed by atoms with Gasteiger partial charge in [0.1, 0.15) is 5.56 Å². The van der Waals surface area contributed by atoms with Crippen molar-refractivity contribution in [3.05, 3.63) is 94.0 Å². The van der Waals surface area contributed by atoms with Crippen molar-refractivity contribution in [1.29, 1.82) is 0 Å². The first-order valence-electron chi connectivity index (χ1n) is 10.3. The van der Waals surface area contributed by atoms with Crippen LogP contribution < -0.4 is 5.43 Å². The minimum absolute atomic E-state index is 0.0645. The summed E-state index contributed by atoms with van der Waals surface area (Å²) in [6.45, 7) is 2.52. The SMILES string of the molecule is CCOC(=O)c1cn(Cc2ccccc2-c2ccccc2)c2nc(COC)cnc2c1=O. The van der Waals surface area contributed by atoms with Crippen molar-refractivity contribution in [3.8, 4) is 11.1 Å². The minimum atomic E-state index is -0.674. The summed E-state index contributed by atoms with van der Waals surface area (Å²) in [7, 11) is 1.57. The molecule has 0 atom stereocenters. The molecule has 162 valence electrons. The predicted octanol–water partition coefficient (Wildman–Crippen LogP) is 3.83. The molecule has 0 N–H and O–H groups in total. The molecule has 0 saturated heterocycles. The van der Waals surface area contributed by atoms with Gasteiger partial charge in [-0.3, -0.25) is 4.79 Å². The van der Waals surface area contributed by atoms with E-state index in [-0.39, 0.29) is 24.3 Å². The van der Waals surface area contributed by atoms with Crippen LogP contribution in [0.3, 0.4) is 0 Å². The normalized spacial score (nSPS) is 10.9. The Hall–Kier alpha value is -3.84. The maximum absolute atomic E-state index is 13.0. The Morgan fingerprint density at radius 3 is 2.56 bits per heavy atom. The molecule has 4 aromatic rings. The first kappa shape index (κ1) is 21.4. The third-order valence-corrected chi connectivity index (χ3v) is 5.05. The van der Waals surface area contributed by atoms with Gasteiger partial charge >= 0.3 is 5.97 Å². The Bertz CT molecular complexity index is 1320. The maximum atomic E-state index is 13.0. The van der Waals surface area contributed by atoms with Crippen LogP contribution in [0.4, 0.5) is 0 Å². The molecular weight excluding hydrogens is 406 g/mol. The van der Waals surface area contributed by atoms with Gasteiger partial charge in [-0.25, -0.2) is 14.8 Å². The Morgan fingerprint density at radius 1 is 1.06 bits per heavy atom. The van der Waals surface area contributed by atoms with Gasteiger partial charge in [0.05, 0.1) is 25.1 Å². The van der Waals surface area contributed by atoms with Gasteiger partial charge < -0.3 is 14.0 Å². The van der Waals surface area contributed by atoms with Crippen LogP contribution >= 0.6 is 0 Å². The molecule has 0 fully saturated rings. The summed E-state index contributed by atoms with van der Waals surface area (Å²) in [5.74, 6) is -0.674. The van der Waals surface area contributed by atoms with Crippen LogP contribution in [0.5, 0.6) is 0 Å². The molecule has 32 heavy (non-hydrogen) atoms.